The van der Waals surface area contributed by atoms with E-state index in [0.29, 0.717) is 20.4 Å². The van der Waals surface area contributed by atoms with Gasteiger partial charge in [-0.15, -0.1) is 0 Å². The first kappa shape index (κ1) is 19.8. The lowest BCUT2D eigenvalue weighted by molar-refractivity contribution is -0.121. The van der Waals surface area contributed by atoms with E-state index in [9.17, 15) is 18.4 Å². The first-order chi connectivity index (χ1) is 13.8. The number of fused-ring (bicyclic) bond motifs is 1. The van der Waals surface area contributed by atoms with Gasteiger partial charge in [-0.1, -0.05) is 41.6 Å². The van der Waals surface area contributed by atoms with Crippen LogP contribution in [0.1, 0.15) is 11.1 Å². The number of anilines is 1. The fourth-order valence-electron chi connectivity index (χ4n) is 2.94. The molecule has 2 aliphatic rings. The van der Waals surface area contributed by atoms with Crippen molar-refractivity contribution in [3.63, 3.8) is 0 Å². The van der Waals surface area contributed by atoms with Gasteiger partial charge in [0.15, 0.2) is 18.2 Å². The largest absolute Gasteiger partial charge is 0.478 e. The standard InChI is InChI=1S/C19H11ClF2N2O3S2/c20-11-3-9(1-2-12(11)21)7-24-14-5-10(6-15-18(26)23-19(28)29-15)4-13(22)17(14)27-8-16(24)25/h1-6H,7-8H2,(H,23,26,28). The highest BCUT2D eigenvalue weighted by molar-refractivity contribution is 8.26. The Morgan fingerprint density at radius 3 is 2.72 bits per heavy atom. The number of carbonyl (C=O) groups is 2. The van der Waals surface area contributed by atoms with Crippen LogP contribution < -0.4 is 15.0 Å². The molecule has 10 heteroatoms. The fourth-order valence-corrected chi connectivity index (χ4v) is 4.19. The van der Waals surface area contributed by atoms with Crippen molar-refractivity contribution >= 4 is 63.5 Å². The fraction of sp³-hybridized carbons (Fsp3) is 0.105. The lowest BCUT2D eigenvalue weighted by Gasteiger charge is -2.30. The van der Waals surface area contributed by atoms with Gasteiger partial charge in [0.2, 0.25) is 0 Å². The maximum absolute atomic E-state index is 14.6. The quantitative estimate of drug-likeness (QED) is 0.563. The Morgan fingerprint density at radius 2 is 2.03 bits per heavy atom. The average molecular weight is 453 g/mol. The maximum Gasteiger partial charge on any atom is 0.265 e. The number of hydrogen-bond acceptors (Lipinski definition) is 5. The molecule has 0 radical (unpaired) electrons. The van der Waals surface area contributed by atoms with Crippen LogP contribution in [0.4, 0.5) is 14.5 Å². The number of rotatable bonds is 3. The van der Waals surface area contributed by atoms with E-state index < -0.39 is 17.5 Å². The molecule has 1 saturated heterocycles. The van der Waals surface area contributed by atoms with Gasteiger partial charge in [0, 0.05) is 0 Å². The van der Waals surface area contributed by atoms with Gasteiger partial charge < -0.3 is 15.0 Å². The molecule has 2 heterocycles. The lowest BCUT2D eigenvalue weighted by atomic mass is 10.1. The van der Waals surface area contributed by atoms with Crippen molar-refractivity contribution in [3.8, 4) is 5.75 Å². The second-order valence-corrected chi connectivity index (χ2v) is 8.35. The summed E-state index contributed by atoms with van der Waals surface area (Å²) in [5.41, 5.74) is 1.14. The van der Waals surface area contributed by atoms with Gasteiger partial charge in [-0.25, -0.2) is 8.78 Å². The Bertz CT molecular complexity index is 1110. The van der Waals surface area contributed by atoms with E-state index >= 15 is 0 Å². The molecule has 2 aromatic carbocycles. The molecule has 29 heavy (non-hydrogen) atoms. The third-order valence-electron chi connectivity index (χ3n) is 4.24. The molecule has 2 aromatic rings. The molecule has 2 aliphatic heterocycles. The predicted molar refractivity (Wildman–Crippen MR) is 111 cm³/mol. The Labute approximate surface area is 178 Å². The minimum atomic E-state index is -0.671. The number of halogens is 3. The van der Waals surface area contributed by atoms with Crippen LogP contribution in [0.5, 0.6) is 5.75 Å². The van der Waals surface area contributed by atoms with E-state index in [1.165, 1.54) is 35.2 Å². The molecular weight excluding hydrogens is 442 g/mol. The molecule has 0 aliphatic carbocycles. The SMILES string of the molecule is O=C1NC(=S)SC1=Cc1cc(F)c2c(c1)N(Cc1ccc(F)c(Cl)c1)C(=O)CO2. The molecule has 2 amide bonds. The molecule has 0 saturated carbocycles. The summed E-state index contributed by atoms with van der Waals surface area (Å²) in [6.45, 7) is -0.278. The number of carbonyl (C=O) groups excluding carboxylic acids is 2. The van der Waals surface area contributed by atoms with Crippen LogP contribution in [-0.4, -0.2) is 22.7 Å². The summed E-state index contributed by atoms with van der Waals surface area (Å²) in [5.74, 6) is -2.08. The molecule has 0 bridgehead atoms. The summed E-state index contributed by atoms with van der Waals surface area (Å²) in [5, 5.41) is 2.41. The summed E-state index contributed by atoms with van der Waals surface area (Å²) in [7, 11) is 0. The van der Waals surface area contributed by atoms with E-state index in [0.717, 1.165) is 11.8 Å². The molecule has 1 fully saturated rings. The normalized spacial score (nSPS) is 17.4. The van der Waals surface area contributed by atoms with E-state index in [-0.39, 0.29) is 35.5 Å². The van der Waals surface area contributed by atoms with Crippen LogP contribution in [0, 0.1) is 11.6 Å². The second kappa shape index (κ2) is 7.74. The van der Waals surface area contributed by atoms with Crippen molar-refractivity contribution in [1.29, 1.82) is 0 Å². The number of benzene rings is 2. The topological polar surface area (TPSA) is 58.6 Å². The number of nitrogens with one attached hydrogen (secondary N) is 1. The van der Waals surface area contributed by atoms with Crippen LogP contribution >= 0.6 is 35.6 Å². The van der Waals surface area contributed by atoms with Crippen molar-refractivity contribution < 1.29 is 23.1 Å². The van der Waals surface area contributed by atoms with Gasteiger partial charge in [-0.2, -0.15) is 0 Å². The molecule has 0 unspecified atom stereocenters. The predicted octanol–water partition coefficient (Wildman–Crippen LogP) is 4.03. The Kier molecular flexibility index (Phi) is 5.28. The van der Waals surface area contributed by atoms with Crippen LogP contribution in [0.3, 0.4) is 0 Å². The maximum atomic E-state index is 14.6. The van der Waals surface area contributed by atoms with Crippen LogP contribution in [0.25, 0.3) is 6.08 Å². The summed E-state index contributed by atoms with van der Waals surface area (Å²) in [6.07, 6.45) is 1.48. The highest BCUT2D eigenvalue weighted by atomic mass is 35.5. The van der Waals surface area contributed by atoms with E-state index in [4.69, 9.17) is 28.6 Å². The van der Waals surface area contributed by atoms with Gasteiger partial charge >= 0.3 is 0 Å². The van der Waals surface area contributed by atoms with Gasteiger partial charge in [0.1, 0.15) is 10.1 Å². The number of nitrogens with zero attached hydrogens (tertiary/aromatic N) is 1. The zero-order valence-electron chi connectivity index (χ0n) is 14.5. The van der Waals surface area contributed by atoms with Crippen LogP contribution in [0.2, 0.25) is 5.02 Å². The Balaban J connectivity index is 1.73. The van der Waals surface area contributed by atoms with E-state index in [1.807, 2.05) is 0 Å². The van der Waals surface area contributed by atoms with Crippen molar-refractivity contribution in [2.75, 3.05) is 11.5 Å². The molecular formula is C19H11ClF2N2O3S2. The van der Waals surface area contributed by atoms with Crippen molar-refractivity contribution in [1.82, 2.24) is 5.32 Å². The molecule has 4 rings (SSSR count). The zero-order valence-corrected chi connectivity index (χ0v) is 16.9. The van der Waals surface area contributed by atoms with E-state index in [1.54, 1.807) is 6.07 Å². The molecule has 0 spiro atoms. The van der Waals surface area contributed by atoms with Crippen molar-refractivity contribution in [3.05, 3.63) is 63.0 Å². The smallest absolute Gasteiger partial charge is 0.265 e. The van der Waals surface area contributed by atoms with Crippen molar-refractivity contribution in [2.45, 2.75) is 6.54 Å². The Hall–Kier alpha value is -2.49. The van der Waals surface area contributed by atoms with Gasteiger partial charge in [0.05, 0.1) is 22.2 Å². The highest BCUT2D eigenvalue weighted by Crippen LogP contribution is 2.38. The summed E-state index contributed by atoms with van der Waals surface area (Å²) < 4.78 is 33.6. The van der Waals surface area contributed by atoms with E-state index in [2.05, 4.69) is 5.32 Å². The van der Waals surface area contributed by atoms with Gasteiger partial charge in [0.25, 0.3) is 11.8 Å². The number of thiocarbonyl (C=S) groups is 1. The minimum Gasteiger partial charge on any atom is -0.478 e. The Morgan fingerprint density at radius 1 is 1.24 bits per heavy atom. The molecule has 148 valence electrons. The number of hydrogen-bond donors (Lipinski definition) is 1. The molecule has 1 N–H and O–H groups in total. The number of amides is 2. The van der Waals surface area contributed by atoms with Crippen LogP contribution in [0.15, 0.2) is 35.2 Å². The van der Waals surface area contributed by atoms with Gasteiger partial charge in [-0.3, -0.25) is 9.59 Å². The third-order valence-corrected chi connectivity index (χ3v) is 5.69. The second-order valence-electron chi connectivity index (χ2n) is 6.22. The highest BCUT2D eigenvalue weighted by Gasteiger charge is 2.29. The summed E-state index contributed by atoms with van der Waals surface area (Å²) in [6, 6.07) is 6.85. The third kappa shape index (κ3) is 3.98. The number of ether oxygens (including phenoxy) is 1. The van der Waals surface area contributed by atoms with Crippen molar-refractivity contribution in [2.24, 2.45) is 0 Å². The summed E-state index contributed by atoms with van der Waals surface area (Å²) in [4.78, 5) is 26.0. The molecule has 0 atom stereocenters. The zero-order chi connectivity index (χ0) is 20.7. The minimum absolute atomic E-state index is 0.0496. The van der Waals surface area contributed by atoms with Gasteiger partial charge in [-0.05, 0) is 41.5 Å². The molecule has 0 aromatic heterocycles. The monoisotopic (exact) mass is 452 g/mol. The first-order valence-corrected chi connectivity index (χ1v) is 9.87. The first-order valence-electron chi connectivity index (χ1n) is 8.27. The lowest BCUT2D eigenvalue weighted by Crippen LogP contribution is -2.38. The number of thioether (sulfide) groups is 1. The average Bonchev–Trinajstić information content (AvgIpc) is 2.97. The molecule has 5 nitrogen and oxygen atoms in total. The van der Waals surface area contributed by atoms with Crippen LogP contribution in [-0.2, 0) is 16.1 Å². The summed E-state index contributed by atoms with van der Waals surface area (Å²) >= 11 is 11.8.